The molecule has 0 atom stereocenters. The molecule has 0 bridgehead atoms. The minimum Gasteiger partial charge on any atom is -0.398 e. The van der Waals surface area contributed by atoms with Crippen LogP contribution in [-0.2, 0) is 8.85 Å². The van der Waals surface area contributed by atoms with Crippen LogP contribution in [0.1, 0.15) is 65.2 Å². The molecule has 0 saturated heterocycles. The Kier molecular flexibility index (Phi) is 11.3. The largest absolute Gasteiger partial charge is 0.398 e. The molecule has 0 aliphatic rings. The van der Waals surface area contributed by atoms with Gasteiger partial charge in [0.1, 0.15) is 0 Å². The van der Waals surface area contributed by atoms with Crippen molar-refractivity contribution in [2.45, 2.75) is 77.3 Å². The zero-order valence-electron chi connectivity index (χ0n) is 12.4. The summed E-state index contributed by atoms with van der Waals surface area (Å²) in [6.07, 6.45) is 10.6. The van der Waals surface area contributed by atoms with Crippen LogP contribution in [0.25, 0.3) is 0 Å². The normalized spacial score (nSPS) is 12.0. The SMILES string of the molecule is CCCCCCCC[Si](CCCC)(OC)OC. The molecule has 0 aromatic heterocycles. The van der Waals surface area contributed by atoms with Crippen LogP contribution < -0.4 is 0 Å². The number of hydrogen-bond acceptors (Lipinski definition) is 2. The van der Waals surface area contributed by atoms with Crippen LogP contribution in [-0.4, -0.2) is 22.8 Å². The lowest BCUT2D eigenvalue weighted by molar-refractivity contribution is 0.238. The van der Waals surface area contributed by atoms with Crippen molar-refractivity contribution in [2.24, 2.45) is 0 Å². The Morgan fingerprint density at radius 1 is 0.647 bits per heavy atom. The van der Waals surface area contributed by atoms with Crippen molar-refractivity contribution in [3.8, 4) is 0 Å². The van der Waals surface area contributed by atoms with Crippen LogP contribution in [0.3, 0.4) is 0 Å². The van der Waals surface area contributed by atoms with E-state index < -0.39 is 8.56 Å². The number of rotatable bonds is 12. The standard InChI is InChI=1S/C14H32O2Si/c1-5-7-9-10-11-12-14-17(15-3,16-4)13-8-6-2/h5-14H2,1-4H3. The molecule has 17 heavy (non-hydrogen) atoms. The van der Waals surface area contributed by atoms with Crippen molar-refractivity contribution in [1.29, 1.82) is 0 Å². The summed E-state index contributed by atoms with van der Waals surface area (Å²) in [6.45, 7) is 4.49. The summed E-state index contributed by atoms with van der Waals surface area (Å²) in [5, 5.41) is 0. The van der Waals surface area contributed by atoms with E-state index in [9.17, 15) is 0 Å². The lowest BCUT2D eigenvalue weighted by atomic mass is 10.1. The topological polar surface area (TPSA) is 18.5 Å². The molecule has 0 aliphatic carbocycles. The van der Waals surface area contributed by atoms with Gasteiger partial charge in [0.2, 0.25) is 0 Å². The molecule has 0 heterocycles. The first kappa shape index (κ1) is 17.1. The zero-order chi connectivity index (χ0) is 13.0. The average molecular weight is 260 g/mol. The molecule has 2 nitrogen and oxygen atoms in total. The van der Waals surface area contributed by atoms with Gasteiger partial charge in [0, 0.05) is 14.2 Å². The predicted octanol–water partition coefficient (Wildman–Crippen LogP) is 4.88. The molecule has 0 spiro atoms. The quantitative estimate of drug-likeness (QED) is 0.368. The van der Waals surface area contributed by atoms with Crippen molar-refractivity contribution >= 4 is 8.56 Å². The fourth-order valence-corrected chi connectivity index (χ4v) is 5.15. The predicted molar refractivity (Wildman–Crippen MR) is 77.7 cm³/mol. The van der Waals surface area contributed by atoms with Gasteiger partial charge in [-0.15, -0.1) is 0 Å². The van der Waals surface area contributed by atoms with Gasteiger partial charge >= 0.3 is 8.56 Å². The van der Waals surface area contributed by atoms with Crippen LogP contribution >= 0.6 is 0 Å². The Hall–Kier alpha value is 0.137. The van der Waals surface area contributed by atoms with Gasteiger partial charge in [-0.1, -0.05) is 65.2 Å². The van der Waals surface area contributed by atoms with Gasteiger partial charge in [-0.3, -0.25) is 0 Å². The highest BCUT2D eigenvalue weighted by atomic mass is 28.4. The highest BCUT2D eigenvalue weighted by Crippen LogP contribution is 2.24. The second-order valence-corrected chi connectivity index (χ2v) is 8.58. The van der Waals surface area contributed by atoms with Gasteiger partial charge in [0.25, 0.3) is 0 Å². The monoisotopic (exact) mass is 260 g/mol. The van der Waals surface area contributed by atoms with Crippen molar-refractivity contribution < 1.29 is 8.85 Å². The Balaban J connectivity index is 3.75. The molecule has 0 unspecified atom stereocenters. The lowest BCUT2D eigenvalue weighted by Crippen LogP contribution is -2.39. The van der Waals surface area contributed by atoms with E-state index >= 15 is 0 Å². The molecule has 0 amide bonds. The van der Waals surface area contributed by atoms with Gasteiger partial charge in [-0.05, 0) is 12.1 Å². The van der Waals surface area contributed by atoms with Gasteiger partial charge < -0.3 is 8.85 Å². The molecule has 0 saturated carbocycles. The van der Waals surface area contributed by atoms with Crippen molar-refractivity contribution in [3.63, 3.8) is 0 Å². The number of unbranched alkanes of at least 4 members (excludes halogenated alkanes) is 6. The maximum atomic E-state index is 5.73. The van der Waals surface area contributed by atoms with Crippen LogP contribution in [0.4, 0.5) is 0 Å². The third-order valence-electron chi connectivity index (χ3n) is 3.57. The van der Waals surface area contributed by atoms with E-state index in [2.05, 4.69) is 13.8 Å². The minimum atomic E-state index is -1.83. The summed E-state index contributed by atoms with van der Waals surface area (Å²) in [5.74, 6) is 0. The zero-order valence-corrected chi connectivity index (χ0v) is 13.4. The molecule has 0 rings (SSSR count). The van der Waals surface area contributed by atoms with E-state index in [1.54, 1.807) is 0 Å². The first-order valence-corrected chi connectivity index (χ1v) is 9.58. The van der Waals surface area contributed by atoms with E-state index in [1.165, 1.54) is 57.4 Å². The van der Waals surface area contributed by atoms with E-state index in [1.807, 2.05) is 14.2 Å². The van der Waals surface area contributed by atoms with Gasteiger partial charge in [0.15, 0.2) is 0 Å². The van der Waals surface area contributed by atoms with E-state index in [0.29, 0.717) is 0 Å². The van der Waals surface area contributed by atoms with E-state index in [4.69, 9.17) is 8.85 Å². The molecule has 3 heteroatoms. The van der Waals surface area contributed by atoms with E-state index in [0.717, 1.165) is 6.04 Å². The van der Waals surface area contributed by atoms with Crippen molar-refractivity contribution in [3.05, 3.63) is 0 Å². The summed E-state index contributed by atoms with van der Waals surface area (Å²) >= 11 is 0. The fourth-order valence-electron chi connectivity index (χ4n) is 2.24. The third kappa shape index (κ3) is 7.95. The Morgan fingerprint density at radius 2 is 1.12 bits per heavy atom. The second kappa shape index (κ2) is 11.2. The molecule has 0 aliphatic heterocycles. The maximum absolute atomic E-state index is 5.73. The Morgan fingerprint density at radius 3 is 1.65 bits per heavy atom. The number of hydrogen-bond donors (Lipinski definition) is 0. The fraction of sp³-hybridized carbons (Fsp3) is 1.00. The van der Waals surface area contributed by atoms with Crippen LogP contribution in [0.15, 0.2) is 0 Å². The van der Waals surface area contributed by atoms with Crippen LogP contribution in [0.2, 0.25) is 12.1 Å². The van der Waals surface area contributed by atoms with Crippen LogP contribution in [0, 0.1) is 0 Å². The Labute approximate surface area is 109 Å². The molecular weight excluding hydrogens is 228 g/mol. The lowest BCUT2D eigenvalue weighted by Gasteiger charge is -2.27. The van der Waals surface area contributed by atoms with Gasteiger partial charge in [-0.2, -0.15) is 0 Å². The van der Waals surface area contributed by atoms with Crippen molar-refractivity contribution in [1.82, 2.24) is 0 Å². The molecule has 0 fully saturated rings. The molecule has 0 aromatic rings. The summed E-state index contributed by atoms with van der Waals surface area (Å²) < 4.78 is 11.5. The van der Waals surface area contributed by atoms with Gasteiger partial charge in [0.05, 0.1) is 0 Å². The molecule has 0 N–H and O–H groups in total. The first-order chi connectivity index (χ1) is 8.24. The molecule has 0 aromatic carbocycles. The highest BCUT2D eigenvalue weighted by Gasteiger charge is 2.33. The Bertz CT molecular complexity index is 158. The van der Waals surface area contributed by atoms with Crippen LogP contribution in [0.5, 0.6) is 0 Å². The summed E-state index contributed by atoms with van der Waals surface area (Å²) in [7, 11) is 1.84. The summed E-state index contributed by atoms with van der Waals surface area (Å²) in [5.41, 5.74) is 0. The minimum absolute atomic E-state index is 1.16. The smallest absolute Gasteiger partial charge is 0.337 e. The third-order valence-corrected chi connectivity index (χ3v) is 7.29. The highest BCUT2D eigenvalue weighted by molar-refractivity contribution is 6.67. The maximum Gasteiger partial charge on any atom is 0.337 e. The summed E-state index contributed by atoms with van der Waals surface area (Å²) in [6, 6.07) is 2.33. The van der Waals surface area contributed by atoms with Gasteiger partial charge in [-0.25, -0.2) is 0 Å². The summed E-state index contributed by atoms with van der Waals surface area (Å²) in [4.78, 5) is 0. The molecular formula is C14H32O2Si. The first-order valence-electron chi connectivity index (χ1n) is 7.35. The van der Waals surface area contributed by atoms with E-state index in [-0.39, 0.29) is 0 Å². The molecule has 104 valence electrons. The molecule has 0 radical (unpaired) electrons. The average Bonchev–Trinajstić information content (AvgIpc) is 2.38. The van der Waals surface area contributed by atoms with Crippen molar-refractivity contribution in [2.75, 3.05) is 14.2 Å². The second-order valence-electron chi connectivity index (χ2n) is 4.94.